The third-order valence-electron chi connectivity index (χ3n) is 4.51. The number of nitrogens with zero attached hydrogens (tertiary/aromatic N) is 5. The highest BCUT2D eigenvalue weighted by molar-refractivity contribution is 5.84. The van der Waals surface area contributed by atoms with E-state index in [1.165, 1.54) is 0 Å². The molecule has 1 aliphatic heterocycles. The van der Waals surface area contributed by atoms with E-state index in [2.05, 4.69) is 37.8 Å². The zero-order valence-electron chi connectivity index (χ0n) is 14.2. The lowest BCUT2D eigenvalue weighted by molar-refractivity contribution is 0.204. The van der Waals surface area contributed by atoms with Crippen LogP contribution < -0.4 is 10.6 Å². The lowest BCUT2D eigenvalue weighted by atomic mass is 10.1. The van der Waals surface area contributed by atoms with Crippen LogP contribution in [0.4, 0.5) is 17.3 Å². The van der Waals surface area contributed by atoms with Gasteiger partial charge in [-0.15, -0.1) is 5.10 Å². The van der Waals surface area contributed by atoms with Crippen LogP contribution in [0.3, 0.4) is 0 Å². The zero-order valence-corrected chi connectivity index (χ0v) is 14.2. The van der Waals surface area contributed by atoms with Crippen molar-refractivity contribution in [2.75, 3.05) is 37.8 Å². The minimum absolute atomic E-state index is 0.414. The van der Waals surface area contributed by atoms with Gasteiger partial charge in [-0.3, -0.25) is 0 Å². The lowest BCUT2D eigenvalue weighted by Gasteiger charge is -2.36. The smallest absolute Gasteiger partial charge is 0.241 e. The Bertz CT molecular complexity index is 926. The number of anilines is 2. The van der Waals surface area contributed by atoms with Crippen LogP contribution in [0.15, 0.2) is 41.8 Å². The molecule has 1 fully saturated rings. The average Bonchev–Trinajstić information content (AvgIpc) is 3.03. The second-order valence-electron chi connectivity index (χ2n) is 6.30. The van der Waals surface area contributed by atoms with Gasteiger partial charge in [0.25, 0.3) is 0 Å². The van der Waals surface area contributed by atoms with Gasteiger partial charge in [0.1, 0.15) is 5.69 Å². The van der Waals surface area contributed by atoms with Gasteiger partial charge < -0.3 is 15.5 Å². The Morgan fingerprint density at radius 3 is 2.84 bits per heavy atom. The largest absolute Gasteiger partial charge is 0.386 e. The lowest BCUT2D eigenvalue weighted by Crippen LogP contribution is -2.52. The van der Waals surface area contributed by atoms with E-state index in [9.17, 15) is 0 Å². The Hall–Kier alpha value is -3.00. The van der Waals surface area contributed by atoms with Crippen LogP contribution in [0.5, 0.6) is 0 Å². The van der Waals surface area contributed by atoms with E-state index < -0.39 is 0 Å². The molecule has 1 saturated heterocycles. The quantitative estimate of drug-likeness (QED) is 0.623. The molecule has 0 aliphatic carbocycles. The first-order valence-electron chi connectivity index (χ1n) is 8.17. The molecule has 0 saturated carbocycles. The highest BCUT2D eigenvalue weighted by Gasteiger charge is 2.23. The molecule has 3 heterocycles. The molecule has 1 aromatic carbocycles. The van der Waals surface area contributed by atoms with Crippen molar-refractivity contribution in [2.45, 2.75) is 6.04 Å². The van der Waals surface area contributed by atoms with Gasteiger partial charge in [0, 0.05) is 31.9 Å². The first-order valence-corrected chi connectivity index (χ1v) is 8.17. The van der Waals surface area contributed by atoms with Gasteiger partial charge >= 0.3 is 0 Å². The summed E-state index contributed by atoms with van der Waals surface area (Å²) in [5.74, 6) is 0.645. The molecule has 1 aliphatic rings. The summed E-state index contributed by atoms with van der Waals surface area (Å²) < 4.78 is 1.84. The maximum atomic E-state index is 7.23. The zero-order chi connectivity index (χ0) is 17.4. The summed E-state index contributed by atoms with van der Waals surface area (Å²) in [4.78, 5) is 6.71. The van der Waals surface area contributed by atoms with Crippen molar-refractivity contribution in [3.8, 4) is 11.1 Å². The summed E-state index contributed by atoms with van der Waals surface area (Å²) in [7, 11) is 3.92. The minimum Gasteiger partial charge on any atom is -0.386 e. The topological polar surface area (TPSA) is 93.7 Å². The molecular formula is C17H20N8. The van der Waals surface area contributed by atoms with Gasteiger partial charge in [0.05, 0.1) is 23.4 Å². The van der Waals surface area contributed by atoms with Crippen LogP contribution in [0.25, 0.3) is 16.6 Å². The molecule has 128 valence electrons. The summed E-state index contributed by atoms with van der Waals surface area (Å²) in [5.41, 5.74) is 11.7. The Labute approximate surface area is 145 Å². The minimum atomic E-state index is 0.414. The molecule has 0 unspecified atom stereocenters. The molecule has 8 nitrogen and oxygen atoms in total. The van der Waals surface area contributed by atoms with Crippen LogP contribution in [-0.2, 0) is 0 Å². The number of likely N-dealkylation sites (N-methyl/N-ethyl adjacent to an activating group) is 1. The number of hydrogen-bond donors (Lipinski definition) is 3. The summed E-state index contributed by atoms with van der Waals surface area (Å²) in [5, 5.41) is 14.5. The van der Waals surface area contributed by atoms with E-state index >= 15 is 0 Å². The third kappa shape index (κ3) is 2.80. The van der Waals surface area contributed by atoms with Gasteiger partial charge in [0.15, 0.2) is 0 Å². The molecule has 0 atom stereocenters. The van der Waals surface area contributed by atoms with Crippen molar-refractivity contribution in [1.82, 2.24) is 19.5 Å². The van der Waals surface area contributed by atoms with Crippen LogP contribution in [0.1, 0.15) is 0 Å². The van der Waals surface area contributed by atoms with Crippen molar-refractivity contribution < 1.29 is 0 Å². The van der Waals surface area contributed by atoms with Gasteiger partial charge in [-0.25, -0.2) is 15.0 Å². The van der Waals surface area contributed by atoms with Gasteiger partial charge in [-0.1, -0.05) is 6.07 Å². The van der Waals surface area contributed by atoms with Gasteiger partial charge in [0.2, 0.25) is 5.95 Å². The molecule has 2 aromatic heterocycles. The summed E-state index contributed by atoms with van der Waals surface area (Å²) in [6.07, 6.45) is 3.78. The highest BCUT2D eigenvalue weighted by atomic mass is 15.3. The molecule has 0 bridgehead atoms. The van der Waals surface area contributed by atoms with E-state index in [0.29, 0.717) is 17.7 Å². The summed E-state index contributed by atoms with van der Waals surface area (Å²) in [6.45, 7) is 2.02. The number of aromatic nitrogens is 3. The first-order chi connectivity index (χ1) is 12.2. The SMILES string of the molecule is CNc1cc(-c2ccn3nc(NC4CN(C)C4)ncc23)ccc1N=N. The molecule has 4 rings (SSSR count). The fourth-order valence-electron chi connectivity index (χ4n) is 3.18. The summed E-state index contributed by atoms with van der Waals surface area (Å²) in [6, 6.07) is 8.22. The molecule has 0 radical (unpaired) electrons. The van der Waals surface area contributed by atoms with E-state index in [1.54, 1.807) is 0 Å². The molecule has 8 heteroatoms. The third-order valence-corrected chi connectivity index (χ3v) is 4.51. The molecule has 0 spiro atoms. The average molecular weight is 336 g/mol. The van der Waals surface area contributed by atoms with Crippen LogP contribution in [0, 0.1) is 5.53 Å². The Morgan fingerprint density at radius 1 is 1.28 bits per heavy atom. The van der Waals surface area contributed by atoms with E-state index in [4.69, 9.17) is 5.53 Å². The second kappa shape index (κ2) is 6.14. The second-order valence-corrected chi connectivity index (χ2v) is 6.30. The standard InChI is InChI=1S/C17H20N8/c1-19-15-7-11(3-4-14(15)22-18)13-5-6-25-16(13)8-20-17(23-25)21-12-9-24(2)10-12/h3-8,12,18-19H,9-10H2,1-2H3,(H,21,23). The number of nitrogens with one attached hydrogen (secondary N) is 3. The molecule has 3 aromatic rings. The van der Waals surface area contributed by atoms with Crippen molar-refractivity contribution in [3.63, 3.8) is 0 Å². The molecule has 3 N–H and O–H groups in total. The van der Waals surface area contributed by atoms with Gasteiger partial charge in [-0.05, 0) is 30.8 Å². The fourth-order valence-corrected chi connectivity index (χ4v) is 3.18. The van der Waals surface area contributed by atoms with Gasteiger partial charge in [-0.2, -0.15) is 5.11 Å². The fraction of sp³-hybridized carbons (Fsp3) is 0.294. The van der Waals surface area contributed by atoms with Crippen LogP contribution in [0.2, 0.25) is 0 Å². The normalized spacial score (nSPS) is 15.1. The predicted octanol–water partition coefficient (Wildman–Crippen LogP) is 2.83. The Kier molecular flexibility index (Phi) is 3.81. The number of fused-ring (bicyclic) bond motifs is 1. The Morgan fingerprint density at radius 2 is 2.12 bits per heavy atom. The monoisotopic (exact) mass is 336 g/mol. The number of hydrogen-bond acceptors (Lipinski definition) is 7. The maximum Gasteiger partial charge on any atom is 0.241 e. The maximum absolute atomic E-state index is 7.23. The summed E-state index contributed by atoms with van der Waals surface area (Å²) >= 11 is 0. The molecular weight excluding hydrogens is 316 g/mol. The molecule has 25 heavy (non-hydrogen) atoms. The van der Waals surface area contributed by atoms with E-state index in [0.717, 1.165) is 35.4 Å². The van der Waals surface area contributed by atoms with E-state index in [1.807, 2.05) is 48.2 Å². The van der Waals surface area contributed by atoms with Crippen LogP contribution >= 0.6 is 0 Å². The van der Waals surface area contributed by atoms with Crippen LogP contribution in [-0.4, -0.2) is 52.7 Å². The van der Waals surface area contributed by atoms with Crippen molar-refractivity contribution >= 4 is 22.8 Å². The molecule has 0 amide bonds. The predicted molar refractivity (Wildman–Crippen MR) is 97.7 cm³/mol. The number of benzene rings is 1. The van der Waals surface area contributed by atoms with Crippen molar-refractivity contribution in [2.24, 2.45) is 5.11 Å². The first kappa shape index (κ1) is 15.5. The van der Waals surface area contributed by atoms with Crippen molar-refractivity contribution in [3.05, 3.63) is 36.7 Å². The van der Waals surface area contributed by atoms with Crippen molar-refractivity contribution in [1.29, 1.82) is 5.53 Å². The highest BCUT2D eigenvalue weighted by Crippen LogP contribution is 2.32. The number of rotatable bonds is 5. The number of likely N-dealkylation sites (tertiary alicyclic amines) is 1. The van der Waals surface area contributed by atoms with E-state index in [-0.39, 0.29) is 0 Å². The Balaban J connectivity index is 1.66.